The molecule has 0 aliphatic rings. The summed E-state index contributed by atoms with van der Waals surface area (Å²) in [6.45, 7) is 7.58. The Balaban J connectivity index is 2.02. The Morgan fingerprint density at radius 2 is 1.86 bits per heavy atom. The molecular formula is C21H20N4O3. The van der Waals surface area contributed by atoms with Crippen molar-refractivity contribution in [2.75, 3.05) is 0 Å². The number of nitro benzene ring substituents is 1. The monoisotopic (exact) mass is 376 g/mol. The van der Waals surface area contributed by atoms with E-state index in [1.165, 1.54) is 0 Å². The van der Waals surface area contributed by atoms with Crippen molar-refractivity contribution in [1.29, 1.82) is 0 Å². The third-order valence-corrected chi connectivity index (χ3v) is 5.14. The van der Waals surface area contributed by atoms with Gasteiger partial charge in [-0.15, -0.1) is 0 Å². The van der Waals surface area contributed by atoms with E-state index in [1.807, 2.05) is 54.8 Å². The quantitative estimate of drug-likeness (QED) is 0.364. The van der Waals surface area contributed by atoms with E-state index in [2.05, 4.69) is 17.1 Å². The highest BCUT2D eigenvalue weighted by atomic mass is 16.6. The Labute approximate surface area is 161 Å². The average Bonchev–Trinajstić information content (AvgIpc) is 3.19. The van der Waals surface area contributed by atoms with Gasteiger partial charge < -0.3 is 9.09 Å². The van der Waals surface area contributed by atoms with Crippen LogP contribution in [0.4, 0.5) is 5.69 Å². The van der Waals surface area contributed by atoms with E-state index in [-0.39, 0.29) is 16.7 Å². The first-order valence-electron chi connectivity index (χ1n) is 9.03. The van der Waals surface area contributed by atoms with Crippen LogP contribution in [0.2, 0.25) is 0 Å². The highest BCUT2D eigenvalue weighted by molar-refractivity contribution is 5.91. The number of nitrogens with zero attached hydrogens (tertiary/aromatic N) is 4. The summed E-state index contributed by atoms with van der Waals surface area (Å²) in [6, 6.07) is 13.5. The summed E-state index contributed by atoms with van der Waals surface area (Å²) in [5.41, 5.74) is 4.38. The van der Waals surface area contributed by atoms with Gasteiger partial charge in [0.15, 0.2) is 5.52 Å². The maximum atomic E-state index is 11.8. The van der Waals surface area contributed by atoms with Gasteiger partial charge in [0.25, 0.3) is 5.69 Å². The summed E-state index contributed by atoms with van der Waals surface area (Å²) in [6.07, 6.45) is 0. The molecule has 0 aliphatic heterocycles. The van der Waals surface area contributed by atoms with Gasteiger partial charge in [-0.1, -0.05) is 35.5 Å². The molecule has 2 aromatic carbocycles. The molecule has 1 unspecified atom stereocenters. The van der Waals surface area contributed by atoms with Gasteiger partial charge in [-0.2, -0.15) is 0 Å². The van der Waals surface area contributed by atoms with Crippen LogP contribution in [-0.4, -0.2) is 19.6 Å². The van der Waals surface area contributed by atoms with Crippen LogP contribution < -0.4 is 0 Å². The van der Waals surface area contributed by atoms with Crippen molar-refractivity contribution in [2.45, 2.75) is 33.7 Å². The van der Waals surface area contributed by atoms with Crippen molar-refractivity contribution in [2.24, 2.45) is 0 Å². The minimum atomic E-state index is -0.381. The van der Waals surface area contributed by atoms with Crippen LogP contribution in [0.15, 0.2) is 47.0 Å². The minimum absolute atomic E-state index is 0.0189. The highest BCUT2D eigenvalue weighted by Crippen LogP contribution is 2.37. The van der Waals surface area contributed by atoms with Gasteiger partial charge in [0, 0.05) is 11.6 Å². The number of non-ortho nitro benzene ring substituents is 1. The molecule has 7 nitrogen and oxygen atoms in total. The van der Waals surface area contributed by atoms with Crippen LogP contribution in [0.1, 0.15) is 35.8 Å². The summed E-state index contributed by atoms with van der Waals surface area (Å²) in [5.74, 6) is 1.36. The second-order valence-electron chi connectivity index (χ2n) is 6.94. The van der Waals surface area contributed by atoms with Crippen LogP contribution in [0.5, 0.6) is 0 Å². The lowest BCUT2D eigenvalue weighted by Crippen LogP contribution is -2.08. The number of hydrogen-bond donors (Lipinski definition) is 0. The summed E-state index contributed by atoms with van der Waals surface area (Å²) in [5, 5.41) is 15.8. The lowest BCUT2D eigenvalue weighted by Gasteiger charge is -2.17. The molecule has 0 radical (unpaired) electrons. The van der Waals surface area contributed by atoms with Crippen LogP contribution in [0.25, 0.3) is 22.2 Å². The van der Waals surface area contributed by atoms with E-state index in [1.54, 1.807) is 13.0 Å². The molecule has 0 saturated carbocycles. The molecule has 0 aliphatic carbocycles. The Hall–Kier alpha value is -3.48. The van der Waals surface area contributed by atoms with Gasteiger partial charge in [0.2, 0.25) is 0 Å². The van der Waals surface area contributed by atoms with Crippen LogP contribution in [0, 0.1) is 30.9 Å². The molecule has 7 heteroatoms. The lowest BCUT2D eigenvalue weighted by molar-refractivity contribution is -0.383. The second-order valence-corrected chi connectivity index (χ2v) is 6.94. The smallest absolute Gasteiger partial charge is 0.297 e. The van der Waals surface area contributed by atoms with Crippen molar-refractivity contribution in [3.63, 3.8) is 0 Å². The zero-order valence-corrected chi connectivity index (χ0v) is 16.1. The van der Waals surface area contributed by atoms with Crippen LogP contribution >= 0.6 is 0 Å². The minimum Gasteiger partial charge on any atom is -0.361 e. The first kappa shape index (κ1) is 17.9. The topological polar surface area (TPSA) is 87.0 Å². The molecule has 0 spiro atoms. The van der Waals surface area contributed by atoms with E-state index < -0.39 is 0 Å². The molecule has 1 atom stereocenters. The average molecular weight is 376 g/mol. The molecule has 0 saturated heterocycles. The standard InChI is InChI=1S/C21H20N4O3/c1-12-20(14(3)28-23-12)17-10-18-21(19(11-17)25(26)27)22-15(4)24(18)13(2)16-8-6-5-7-9-16/h5-11,13H,1-4H3. The van der Waals surface area contributed by atoms with E-state index in [0.717, 1.165) is 22.5 Å². The van der Waals surface area contributed by atoms with E-state index in [0.29, 0.717) is 22.5 Å². The molecule has 0 amide bonds. The van der Waals surface area contributed by atoms with Crippen molar-refractivity contribution < 1.29 is 9.45 Å². The zero-order chi connectivity index (χ0) is 20.0. The molecule has 142 valence electrons. The number of rotatable bonds is 4. The number of fused-ring (bicyclic) bond motifs is 1. The van der Waals surface area contributed by atoms with Crippen molar-refractivity contribution in [3.05, 3.63) is 75.4 Å². The number of aryl methyl sites for hydroxylation is 3. The van der Waals surface area contributed by atoms with Crippen molar-refractivity contribution in [3.8, 4) is 11.1 Å². The van der Waals surface area contributed by atoms with Gasteiger partial charge in [-0.25, -0.2) is 4.98 Å². The third-order valence-electron chi connectivity index (χ3n) is 5.14. The maximum absolute atomic E-state index is 11.8. The van der Waals surface area contributed by atoms with Gasteiger partial charge in [-0.3, -0.25) is 10.1 Å². The highest BCUT2D eigenvalue weighted by Gasteiger charge is 2.25. The predicted octanol–water partition coefficient (Wildman–Crippen LogP) is 5.13. The number of hydrogen-bond acceptors (Lipinski definition) is 5. The Kier molecular flexibility index (Phi) is 4.22. The molecule has 2 heterocycles. The number of imidazole rings is 1. The van der Waals surface area contributed by atoms with Crippen LogP contribution in [0.3, 0.4) is 0 Å². The van der Waals surface area contributed by atoms with Gasteiger partial charge in [-0.05, 0) is 44.9 Å². The molecule has 0 N–H and O–H groups in total. The molecule has 2 aromatic heterocycles. The number of aromatic nitrogens is 3. The Morgan fingerprint density at radius 1 is 1.14 bits per heavy atom. The first-order chi connectivity index (χ1) is 13.4. The fourth-order valence-corrected chi connectivity index (χ4v) is 3.84. The Bertz CT molecular complexity index is 1170. The predicted molar refractivity (Wildman–Crippen MR) is 106 cm³/mol. The molecule has 0 bridgehead atoms. The molecule has 28 heavy (non-hydrogen) atoms. The number of nitro groups is 1. The largest absolute Gasteiger partial charge is 0.361 e. The summed E-state index contributed by atoms with van der Waals surface area (Å²) in [7, 11) is 0. The van der Waals surface area contributed by atoms with Gasteiger partial charge in [0.05, 0.1) is 22.2 Å². The van der Waals surface area contributed by atoms with E-state index in [9.17, 15) is 10.1 Å². The normalized spacial score (nSPS) is 12.4. The Morgan fingerprint density at radius 3 is 2.46 bits per heavy atom. The fourth-order valence-electron chi connectivity index (χ4n) is 3.84. The lowest BCUT2D eigenvalue weighted by atomic mass is 10.0. The fraction of sp³-hybridized carbons (Fsp3) is 0.238. The zero-order valence-electron chi connectivity index (χ0n) is 16.1. The summed E-state index contributed by atoms with van der Waals surface area (Å²) >= 11 is 0. The molecule has 4 aromatic rings. The van der Waals surface area contributed by atoms with Gasteiger partial charge >= 0.3 is 0 Å². The first-order valence-corrected chi connectivity index (χ1v) is 9.03. The summed E-state index contributed by atoms with van der Waals surface area (Å²) in [4.78, 5) is 15.9. The molecule has 4 rings (SSSR count). The van der Waals surface area contributed by atoms with E-state index >= 15 is 0 Å². The van der Waals surface area contributed by atoms with Gasteiger partial charge in [0.1, 0.15) is 11.6 Å². The second kappa shape index (κ2) is 6.60. The molecular weight excluding hydrogens is 356 g/mol. The van der Waals surface area contributed by atoms with Crippen molar-refractivity contribution >= 4 is 16.7 Å². The summed E-state index contributed by atoms with van der Waals surface area (Å²) < 4.78 is 7.31. The maximum Gasteiger partial charge on any atom is 0.297 e. The van der Waals surface area contributed by atoms with Crippen molar-refractivity contribution in [1.82, 2.24) is 14.7 Å². The van der Waals surface area contributed by atoms with E-state index in [4.69, 9.17) is 4.52 Å². The third kappa shape index (κ3) is 2.76. The van der Waals surface area contributed by atoms with Crippen LogP contribution in [-0.2, 0) is 0 Å². The molecule has 0 fully saturated rings. The number of benzene rings is 2. The SMILES string of the molecule is Cc1noc(C)c1-c1cc([N+](=O)[O-])c2nc(C)n(C(C)c3ccccc3)c2c1.